The Hall–Kier alpha value is -1.32. The molecule has 0 radical (unpaired) electrons. The minimum atomic E-state index is -4.33. The summed E-state index contributed by atoms with van der Waals surface area (Å²) < 4.78 is 38.1. The second-order valence-corrected chi connectivity index (χ2v) is 4.09. The molecule has 0 amide bonds. The molecule has 0 saturated heterocycles. The van der Waals surface area contributed by atoms with Crippen molar-refractivity contribution in [2.45, 2.75) is 31.4 Å². The van der Waals surface area contributed by atoms with Gasteiger partial charge in [0.15, 0.2) is 0 Å². The van der Waals surface area contributed by atoms with Gasteiger partial charge in [-0.3, -0.25) is 4.79 Å². The Kier molecular flexibility index (Phi) is 2.74. The van der Waals surface area contributed by atoms with Crippen molar-refractivity contribution in [1.29, 1.82) is 0 Å². The maximum atomic E-state index is 12.7. The molecule has 86 valence electrons. The van der Waals surface area contributed by atoms with Crippen molar-refractivity contribution >= 4 is 6.29 Å². The van der Waals surface area contributed by atoms with E-state index in [0.29, 0.717) is 11.8 Å². The van der Waals surface area contributed by atoms with Crippen LogP contribution in [0.1, 0.15) is 46.7 Å². The van der Waals surface area contributed by atoms with Crippen molar-refractivity contribution in [3.63, 3.8) is 0 Å². The van der Waals surface area contributed by atoms with E-state index in [0.717, 1.165) is 25.3 Å². The van der Waals surface area contributed by atoms with Crippen molar-refractivity contribution in [3.05, 3.63) is 34.9 Å². The molecule has 2 rings (SSSR count). The van der Waals surface area contributed by atoms with E-state index in [1.807, 2.05) is 0 Å². The summed E-state index contributed by atoms with van der Waals surface area (Å²) in [5, 5.41) is 0. The lowest BCUT2D eigenvalue weighted by Gasteiger charge is -2.28. The SMILES string of the molecule is O=Cc1ccc(C(F)(F)F)c(C2CCC2)c1. The van der Waals surface area contributed by atoms with E-state index in [1.54, 1.807) is 0 Å². The van der Waals surface area contributed by atoms with Crippen LogP contribution in [-0.2, 0) is 6.18 Å². The Morgan fingerprint density at radius 2 is 1.94 bits per heavy atom. The van der Waals surface area contributed by atoms with Crippen molar-refractivity contribution in [1.82, 2.24) is 0 Å². The van der Waals surface area contributed by atoms with Crippen LogP contribution in [-0.4, -0.2) is 6.29 Å². The van der Waals surface area contributed by atoms with Crippen LogP contribution in [0.2, 0.25) is 0 Å². The Balaban J connectivity index is 2.46. The second kappa shape index (κ2) is 3.92. The van der Waals surface area contributed by atoms with Gasteiger partial charge >= 0.3 is 6.18 Å². The largest absolute Gasteiger partial charge is 0.416 e. The van der Waals surface area contributed by atoms with Crippen LogP contribution in [0, 0.1) is 0 Å². The fourth-order valence-corrected chi connectivity index (χ4v) is 1.97. The fraction of sp³-hybridized carbons (Fsp3) is 0.417. The summed E-state index contributed by atoms with van der Waals surface area (Å²) in [6.07, 6.45) is -1.21. The van der Waals surface area contributed by atoms with Crippen molar-refractivity contribution in [3.8, 4) is 0 Å². The highest BCUT2D eigenvalue weighted by molar-refractivity contribution is 5.75. The molecule has 0 aliphatic heterocycles. The van der Waals surface area contributed by atoms with Crippen LogP contribution in [0.15, 0.2) is 18.2 Å². The second-order valence-electron chi connectivity index (χ2n) is 4.09. The monoisotopic (exact) mass is 228 g/mol. The fourth-order valence-electron chi connectivity index (χ4n) is 1.97. The first kappa shape index (κ1) is 11.2. The first-order chi connectivity index (χ1) is 7.52. The number of aldehydes is 1. The first-order valence-electron chi connectivity index (χ1n) is 5.18. The molecule has 16 heavy (non-hydrogen) atoms. The van der Waals surface area contributed by atoms with E-state index in [-0.39, 0.29) is 11.5 Å². The maximum absolute atomic E-state index is 12.7. The molecule has 1 aliphatic rings. The van der Waals surface area contributed by atoms with Gasteiger partial charge in [-0.15, -0.1) is 0 Å². The third kappa shape index (κ3) is 1.96. The van der Waals surface area contributed by atoms with Gasteiger partial charge in [0.2, 0.25) is 0 Å². The van der Waals surface area contributed by atoms with E-state index in [2.05, 4.69) is 0 Å². The highest BCUT2D eigenvalue weighted by Gasteiger charge is 2.36. The predicted molar refractivity (Wildman–Crippen MR) is 53.4 cm³/mol. The molecule has 0 spiro atoms. The molecular weight excluding hydrogens is 217 g/mol. The van der Waals surface area contributed by atoms with Gasteiger partial charge in [0.05, 0.1) is 5.56 Å². The van der Waals surface area contributed by atoms with Gasteiger partial charge in [0.25, 0.3) is 0 Å². The standard InChI is InChI=1S/C12H11F3O/c13-12(14,15)11-5-4-8(7-16)6-10(11)9-2-1-3-9/h4-7,9H,1-3H2. The number of hydrogen-bond donors (Lipinski definition) is 0. The van der Waals surface area contributed by atoms with E-state index < -0.39 is 11.7 Å². The van der Waals surface area contributed by atoms with E-state index in [9.17, 15) is 18.0 Å². The summed E-state index contributed by atoms with van der Waals surface area (Å²) in [6.45, 7) is 0. The highest BCUT2D eigenvalue weighted by atomic mass is 19.4. The van der Waals surface area contributed by atoms with Crippen molar-refractivity contribution < 1.29 is 18.0 Å². The van der Waals surface area contributed by atoms with E-state index in [1.165, 1.54) is 12.1 Å². The summed E-state index contributed by atoms with van der Waals surface area (Å²) in [6, 6.07) is 3.61. The summed E-state index contributed by atoms with van der Waals surface area (Å²) in [5.41, 5.74) is 0.000972. The number of carbonyl (C=O) groups is 1. The summed E-state index contributed by atoms with van der Waals surface area (Å²) in [5.74, 6) is -0.0310. The van der Waals surface area contributed by atoms with Crippen LogP contribution < -0.4 is 0 Å². The average Bonchev–Trinajstić information content (AvgIpc) is 2.13. The highest BCUT2D eigenvalue weighted by Crippen LogP contribution is 2.43. The molecule has 4 heteroatoms. The third-order valence-corrected chi connectivity index (χ3v) is 3.06. The summed E-state index contributed by atoms with van der Waals surface area (Å²) in [4.78, 5) is 10.6. The molecule has 1 aromatic carbocycles. The topological polar surface area (TPSA) is 17.1 Å². The Labute approximate surface area is 91.3 Å². The molecule has 0 N–H and O–H groups in total. The maximum Gasteiger partial charge on any atom is 0.416 e. The van der Waals surface area contributed by atoms with E-state index in [4.69, 9.17) is 0 Å². The van der Waals surface area contributed by atoms with Crippen LogP contribution >= 0.6 is 0 Å². The van der Waals surface area contributed by atoms with E-state index >= 15 is 0 Å². The van der Waals surface area contributed by atoms with Crippen LogP contribution in [0.25, 0.3) is 0 Å². The molecule has 1 saturated carbocycles. The van der Waals surface area contributed by atoms with Gasteiger partial charge in [-0.05, 0) is 36.5 Å². The predicted octanol–water partition coefficient (Wildman–Crippen LogP) is 3.79. The molecule has 1 aromatic rings. The molecular formula is C12H11F3O. The minimum absolute atomic E-state index is 0.0310. The first-order valence-corrected chi connectivity index (χ1v) is 5.18. The molecule has 0 bridgehead atoms. The minimum Gasteiger partial charge on any atom is -0.298 e. The third-order valence-electron chi connectivity index (χ3n) is 3.06. The number of carbonyl (C=O) groups excluding carboxylic acids is 1. The zero-order valence-corrected chi connectivity index (χ0v) is 8.55. The molecule has 0 heterocycles. The Bertz CT molecular complexity index is 405. The zero-order valence-electron chi connectivity index (χ0n) is 8.55. The summed E-state index contributed by atoms with van der Waals surface area (Å²) >= 11 is 0. The zero-order chi connectivity index (χ0) is 11.8. The van der Waals surface area contributed by atoms with Gasteiger partial charge in [-0.25, -0.2) is 0 Å². The van der Waals surface area contributed by atoms with Crippen LogP contribution in [0.3, 0.4) is 0 Å². The van der Waals surface area contributed by atoms with Crippen LogP contribution in [0.5, 0.6) is 0 Å². The Morgan fingerprint density at radius 1 is 1.25 bits per heavy atom. The Morgan fingerprint density at radius 3 is 2.38 bits per heavy atom. The molecule has 0 unspecified atom stereocenters. The molecule has 1 fully saturated rings. The molecule has 1 aliphatic carbocycles. The molecule has 0 atom stereocenters. The number of rotatable bonds is 2. The summed E-state index contributed by atoms with van der Waals surface area (Å²) in [7, 11) is 0. The lowest BCUT2D eigenvalue weighted by molar-refractivity contribution is -0.138. The number of benzene rings is 1. The quantitative estimate of drug-likeness (QED) is 0.704. The normalized spacial score (nSPS) is 16.9. The van der Waals surface area contributed by atoms with Gasteiger partial charge in [0.1, 0.15) is 6.29 Å². The van der Waals surface area contributed by atoms with Gasteiger partial charge in [0, 0.05) is 5.56 Å². The number of halogens is 3. The van der Waals surface area contributed by atoms with Gasteiger partial charge in [-0.2, -0.15) is 13.2 Å². The smallest absolute Gasteiger partial charge is 0.298 e. The van der Waals surface area contributed by atoms with Crippen molar-refractivity contribution in [2.24, 2.45) is 0 Å². The van der Waals surface area contributed by atoms with Gasteiger partial charge in [-0.1, -0.05) is 12.5 Å². The number of hydrogen-bond acceptors (Lipinski definition) is 1. The van der Waals surface area contributed by atoms with Gasteiger partial charge < -0.3 is 0 Å². The van der Waals surface area contributed by atoms with Crippen LogP contribution in [0.4, 0.5) is 13.2 Å². The lowest BCUT2D eigenvalue weighted by atomic mass is 9.77. The molecule has 1 nitrogen and oxygen atoms in total. The lowest BCUT2D eigenvalue weighted by Crippen LogP contribution is -2.16. The van der Waals surface area contributed by atoms with Crippen molar-refractivity contribution in [2.75, 3.05) is 0 Å². The molecule has 0 aromatic heterocycles. The number of alkyl halides is 3. The average molecular weight is 228 g/mol.